The van der Waals surface area contributed by atoms with Crippen molar-refractivity contribution in [2.75, 3.05) is 5.75 Å². The van der Waals surface area contributed by atoms with E-state index in [2.05, 4.69) is 0 Å². The monoisotopic (exact) mass is 356 g/mol. The summed E-state index contributed by atoms with van der Waals surface area (Å²) < 4.78 is 28.5. The second kappa shape index (κ2) is 6.10. The van der Waals surface area contributed by atoms with Gasteiger partial charge in [-0.3, -0.25) is 4.79 Å². The Kier molecular flexibility index (Phi) is 4.84. The molecule has 1 aliphatic carbocycles. The van der Waals surface area contributed by atoms with E-state index in [4.69, 9.17) is 39.0 Å². The van der Waals surface area contributed by atoms with Gasteiger partial charge in [0.1, 0.15) is 5.78 Å². The third-order valence-electron chi connectivity index (χ3n) is 2.80. The average Bonchev–Trinajstić information content (AvgIpc) is 3.15. The maximum Gasteiger partial charge on any atom is 0.309 e. The number of hydrogen-bond donors (Lipinski definition) is 0. The molecule has 0 N–H and O–H groups in total. The highest BCUT2D eigenvalue weighted by Gasteiger charge is 2.30. The van der Waals surface area contributed by atoms with E-state index in [0.717, 1.165) is 12.8 Å². The molecular formula is C12H11Cl3O4S. The minimum Gasteiger partial charge on any atom is -0.379 e. The molecule has 1 saturated carbocycles. The van der Waals surface area contributed by atoms with Gasteiger partial charge in [-0.25, -0.2) is 0 Å². The Balaban J connectivity index is 2.06. The molecule has 8 heteroatoms. The van der Waals surface area contributed by atoms with Gasteiger partial charge in [0.15, 0.2) is 5.75 Å². The number of rotatable bonds is 6. The van der Waals surface area contributed by atoms with Gasteiger partial charge in [0.05, 0.1) is 15.8 Å². The number of halogens is 3. The van der Waals surface area contributed by atoms with Crippen molar-refractivity contribution >= 4 is 50.7 Å². The van der Waals surface area contributed by atoms with Crippen LogP contribution in [0.25, 0.3) is 0 Å². The van der Waals surface area contributed by atoms with E-state index < -0.39 is 15.9 Å². The zero-order valence-corrected chi connectivity index (χ0v) is 13.3. The summed E-state index contributed by atoms with van der Waals surface area (Å²) in [4.78, 5) is 11.5. The van der Waals surface area contributed by atoms with Gasteiger partial charge < -0.3 is 4.18 Å². The van der Waals surface area contributed by atoms with Crippen LogP contribution in [0.2, 0.25) is 15.1 Å². The lowest BCUT2D eigenvalue weighted by Gasteiger charge is -2.10. The summed E-state index contributed by atoms with van der Waals surface area (Å²) in [5, 5.41) is 0.271. The number of ketones is 1. The Labute approximate surface area is 132 Å². The Hall–Kier alpha value is -0.490. The van der Waals surface area contributed by atoms with Gasteiger partial charge in [0.2, 0.25) is 0 Å². The van der Waals surface area contributed by atoms with Crippen LogP contribution >= 0.6 is 34.8 Å². The predicted molar refractivity (Wildman–Crippen MR) is 78.2 cm³/mol. The Morgan fingerprint density at radius 2 is 1.75 bits per heavy atom. The number of hydrogen-bond acceptors (Lipinski definition) is 4. The van der Waals surface area contributed by atoms with Crippen molar-refractivity contribution in [2.45, 2.75) is 19.3 Å². The minimum absolute atomic E-state index is 0.000376. The fraction of sp³-hybridized carbons (Fsp3) is 0.417. The van der Waals surface area contributed by atoms with Crippen molar-refractivity contribution in [1.82, 2.24) is 0 Å². The largest absolute Gasteiger partial charge is 0.379 e. The van der Waals surface area contributed by atoms with E-state index >= 15 is 0 Å². The highest BCUT2D eigenvalue weighted by Crippen LogP contribution is 2.37. The maximum atomic E-state index is 11.8. The topological polar surface area (TPSA) is 60.4 Å². The first-order valence-corrected chi connectivity index (χ1v) is 8.59. The Morgan fingerprint density at radius 1 is 1.20 bits per heavy atom. The first-order valence-electron chi connectivity index (χ1n) is 5.88. The highest BCUT2D eigenvalue weighted by molar-refractivity contribution is 7.87. The van der Waals surface area contributed by atoms with Gasteiger partial charge in [-0.1, -0.05) is 34.8 Å². The summed E-state index contributed by atoms with van der Waals surface area (Å²) in [5.74, 6) is -0.590. The van der Waals surface area contributed by atoms with Crippen molar-refractivity contribution in [3.63, 3.8) is 0 Å². The molecule has 0 aliphatic heterocycles. The molecule has 1 fully saturated rings. The Bertz CT molecular complexity index is 615. The van der Waals surface area contributed by atoms with Gasteiger partial charge in [-0.2, -0.15) is 8.42 Å². The van der Waals surface area contributed by atoms with Crippen LogP contribution in [0.3, 0.4) is 0 Å². The molecule has 0 unspecified atom stereocenters. The van der Waals surface area contributed by atoms with Crippen LogP contribution in [0.1, 0.15) is 19.3 Å². The van der Waals surface area contributed by atoms with Crippen LogP contribution in [-0.2, 0) is 14.9 Å². The molecule has 4 nitrogen and oxygen atoms in total. The zero-order valence-electron chi connectivity index (χ0n) is 10.2. The molecule has 20 heavy (non-hydrogen) atoms. The van der Waals surface area contributed by atoms with Crippen LogP contribution in [-0.4, -0.2) is 20.0 Å². The van der Waals surface area contributed by atoms with Crippen molar-refractivity contribution in [3.05, 3.63) is 27.2 Å². The zero-order chi connectivity index (χ0) is 14.9. The predicted octanol–water partition coefficient (Wildman–Crippen LogP) is 3.72. The summed E-state index contributed by atoms with van der Waals surface area (Å²) in [6.45, 7) is 0. The first kappa shape index (κ1) is 15.9. The summed E-state index contributed by atoms with van der Waals surface area (Å²) in [5.41, 5.74) is 0. The van der Waals surface area contributed by atoms with Gasteiger partial charge in [-0.05, 0) is 25.0 Å². The molecule has 110 valence electrons. The van der Waals surface area contributed by atoms with E-state index in [-0.39, 0.29) is 38.9 Å². The molecule has 0 amide bonds. The quantitative estimate of drug-likeness (QED) is 0.728. The molecule has 1 aromatic rings. The molecule has 0 saturated heterocycles. The standard InChI is InChI=1S/C12H11Cl3O4S/c13-8-5-9(14)12(10(15)6-8)19-20(17,18)4-3-11(16)7-1-2-7/h5-7H,1-4H2. The lowest BCUT2D eigenvalue weighted by atomic mass is 10.2. The normalized spacial score (nSPS) is 15.2. The molecule has 1 aliphatic rings. The van der Waals surface area contributed by atoms with Crippen LogP contribution in [0.4, 0.5) is 0 Å². The van der Waals surface area contributed by atoms with Crippen molar-refractivity contribution in [1.29, 1.82) is 0 Å². The Morgan fingerprint density at radius 3 is 2.25 bits per heavy atom. The number of carbonyl (C=O) groups excluding carboxylic acids is 1. The van der Waals surface area contributed by atoms with Crippen molar-refractivity contribution in [3.8, 4) is 5.75 Å². The van der Waals surface area contributed by atoms with Gasteiger partial charge in [0.25, 0.3) is 0 Å². The summed E-state index contributed by atoms with van der Waals surface area (Å²) in [7, 11) is -3.93. The average molecular weight is 358 g/mol. The maximum absolute atomic E-state index is 11.8. The lowest BCUT2D eigenvalue weighted by Crippen LogP contribution is -2.17. The van der Waals surface area contributed by atoms with E-state index in [1.54, 1.807) is 0 Å². The molecule has 2 rings (SSSR count). The van der Waals surface area contributed by atoms with Crippen LogP contribution in [0, 0.1) is 5.92 Å². The van der Waals surface area contributed by atoms with E-state index in [9.17, 15) is 13.2 Å². The summed E-state index contributed by atoms with van der Waals surface area (Å²) in [6.07, 6.45) is 1.62. The second-order valence-corrected chi connectivity index (χ2v) is 7.48. The number of Topliss-reactive ketones (excluding diaryl/α,β-unsaturated/α-hetero) is 1. The molecule has 0 heterocycles. The first-order chi connectivity index (χ1) is 9.28. The van der Waals surface area contributed by atoms with Gasteiger partial charge >= 0.3 is 10.1 Å². The van der Waals surface area contributed by atoms with E-state index in [0.29, 0.717) is 0 Å². The highest BCUT2D eigenvalue weighted by atomic mass is 35.5. The smallest absolute Gasteiger partial charge is 0.309 e. The molecule has 0 bridgehead atoms. The summed E-state index contributed by atoms with van der Waals surface area (Å²) >= 11 is 17.4. The molecule has 0 atom stereocenters. The molecule has 0 aromatic heterocycles. The summed E-state index contributed by atoms with van der Waals surface area (Å²) in [6, 6.07) is 2.66. The van der Waals surface area contributed by atoms with E-state index in [1.807, 2.05) is 0 Å². The van der Waals surface area contributed by atoms with E-state index in [1.165, 1.54) is 12.1 Å². The third kappa shape index (κ3) is 4.25. The van der Waals surface area contributed by atoms with Gasteiger partial charge in [-0.15, -0.1) is 0 Å². The molecule has 1 aromatic carbocycles. The number of benzene rings is 1. The number of carbonyl (C=O) groups is 1. The van der Waals surface area contributed by atoms with Crippen LogP contribution < -0.4 is 4.18 Å². The van der Waals surface area contributed by atoms with Crippen molar-refractivity contribution in [2.24, 2.45) is 5.92 Å². The fourth-order valence-corrected chi connectivity index (χ4v) is 3.57. The fourth-order valence-electron chi connectivity index (χ4n) is 1.61. The minimum atomic E-state index is -3.93. The van der Waals surface area contributed by atoms with Gasteiger partial charge in [0, 0.05) is 17.4 Å². The molecular weight excluding hydrogens is 347 g/mol. The lowest BCUT2D eigenvalue weighted by molar-refractivity contribution is -0.119. The molecule has 0 radical (unpaired) electrons. The van der Waals surface area contributed by atoms with Crippen LogP contribution in [0.5, 0.6) is 5.75 Å². The second-order valence-electron chi connectivity index (χ2n) is 4.53. The van der Waals surface area contributed by atoms with Crippen LogP contribution in [0.15, 0.2) is 12.1 Å². The molecule has 0 spiro atoms. The third-order valence-corrected chi connectivity index (χ3v) is 4.71. The SMILES string of the molecule is O=C(CCS(=O)(=O)Oc1c(Cl)cc(Cl)cc1Cl)C1CC1. The van der Waals surface area contributed by atoms with Crippen molar-refractivity contribution < 1.29 is 17.4 Å².